The molecule has 1 atom stereocenters. The van der Waals surface area contributed by atoms with Gasteiger partial charge in [-0.3, -0.25) is 4.79 Å². The highest BCUT2D eigenvalue weighted by molar-refractivity contribution is 5.93. The molecule has 1 unspecified atom stereocenters. The first-order valence-corrected chi connectivity index (χ1v) is 4.65. The molecule has 0 bridgehead atoms. The Balaban J connectivity index is 2.71. The van der Waals surface area contributed by atoms with Crippen molar-refractivity contribution in [1.82, 2.24) is 10.2 Å². The Labute approximate surface area is 93.2 Å². The lowest BCUT2D eigenvalue weighted by Crippen LogP contribution is -2.50. The number of rotatable bonds is 3. The van der Waals surface area contributed by atoms with Crippen LogP contribution in [0.15, 0.2) is 23.9 Å². The molecule has 0 aromatic heterocycles. The summed E-state index contributed by atoms with van der Waals surface area (Å²) in [5.74, 6) is -0.886. The van der Waals surface area contributed by atoms with E-state index in [-0.39, 0.29) is 18.0 Å². The number of carbonyl (C=O) groups excluding carboxylic acids is 2. The zero-order valence-corrected chi connectivity index (χ0v) is 9.19. The average Bonchev–Trinajstić information content (AvgIpc) is 2.24. The molecule has 1 amide bonds. The zero-order chi connectivity index (χ0) is 12.3. The van der Waals surface area contributed by atoms with Crippen molar-refractivity contribution in [2.24, 2.45) is 0 Å². The minimum absolute atomic E-state index is 0.0887. The van der Waals surface area contributed by atoms with Crippen molar-refractivity contribution in [3.05, 3.63) is 23.9 Å². The van der Waals surface area contributed by atoms with Crippen molar-refractivity contribution in [3.8, 4) is 0 Å². The topological polar surface area (TPSA) is 78.9 Å². The molecule has 16 heavy (non-hydrogen) atoms. The van der Waals surface area contributed by atoms with Gasteiger partial charge >= 0.3 is 5.97 Å². The van der Waals surface area contributed by atoms with Gasteiger partial charge in [-0.25, -0.2) is 4.79 Å². The fourth-order valence-corrected chi connectivity index (χ4v) is 1.25. The number of amides is 1. The largest absolute Gasteiger partial charge is 0.466 e. The fraction of sp³-hybridized carbons (Fsp3) is 0.400. The van der Waals surface area contributed by atoms with Gasteiger partial charge in [0.25, 0.3) is 5.91 Å². The Bertz CT molecular complexity index is 362. The molecule has 0 radical (unpaired) electrons. The van der Waals surface area contributed by atoms with E-state index < -0.39 is 12.3 Å². The molecule has 1 aliphatic rings. The van der Waals surface area contributed by atoms with Crippen LogP contribution in [0.3, 0.4) is 0 Å². The lowest BCUT2D eigenvalue weighted by Gasteiger charge is -2.31. The molecule has 0 fully saturated rings. The Hall–Kier alpha value is -1.82. The zero-order valence-electron chi connectivity index (χ0n) is 9.19. The molecule has 0 saturated heterocycles. The van der Waals surface area contributed by atoms with Crippen LogP contribution >= 0.6 is 0 Å². The van der Waals surface area contributed by atoms with Crippen molar-refractivity contribution >= 4 is 11.9 Å². The number of methoxy groups -OCH3 is 1. The summed E-state index contributed by atoms with van der Waals surface area (Å²) in [6.45, 7) is 5.22. The SMILES string of the molecule is C=C(CN1C=C(C)C(=O)NC1O)C(=O)OC. The van der Waals surface area contributed by atoms with E-state index in [1.807, 2.05) is 0 Å². The lowest BCUT2D eigenvalue weighted by atomic mass is 10.2. The third kappa shape index (κ3) is 2.60. The Morgan fingerprint density at radius 1 is 1.75 bits per heavy atom. The molecule has 0 aromatic rings. The third-order valence-electron chi connectivity index (χ3n) is 2.14. The minimum atomic E-state index is -1.15. The molecule has 1 rings (SSSR count). The van der Waals surface area contributed by atoms with E-state index in [4.69, 9.17) is 0 Å². The first-order valence-electron chi connectivity index (χ1n) is 4.65. The van der Waals surface area contributed by atoms with E-state index in [1.165, 1.54) is 18.2 Å². The summed E-state index contributed by atoms with van der Waals surface area (Å²) in [7, 11) is 1.25. The average molecular weight is 226 g/mol. The number of esters is 1. The summed E-state index contributed by atoms with van der Waals surface area (Å²) in [6, 6.07) is 0. The molecule has 0 aliphatic carbocycles. The molecule has 2 N–H and O–H groups in total. The Morgan fingerprint density at radius 3 is 2.94 bits per heavy atom. The first-order chi connectivity index (χ1) is 7.45. The second kappa shape index (κ2) is 4.80. The summed E-state index contributed by atoms with van der Waals surface area (Å²) in [5.41, 5.74) is 0.643. The van der Waals surface area contributed by atoms with Gasteiger partial charge in [-0.1, -0.05) is 6.58 Å². The van der Waals surface area contributed by atoms with Gasteiger partial charge in [0, 0.05) is 17.3 Å². The first kappa shape index (κ1) is 12.3. The maximum Gasteiger partial charge on any atom is 0.334 e. The van der Waals surface area contributed by atoms with Crippen LogP contribution in [0.25, 0.3) is 0 Å². The van der Waals surface area contributed by atoms with Gasteiger partial charge in [-0.15, -0.1) is 0 Å². The van der Waals surface area contributed by atoms with Gasteiger partial charge in [0.2, 0.25) is 6.35 Å². The molecule has 6 nitrogen and oxygen atoms in total. The molecule has 0 spiro atoms. The van der Waals surface area contributed by atoms with E-state index in [0.717, 1.165) is 0 Å². The summed E-state index contributed by atoms with van der Waals surface area (Å²) in [6.07, 6.45) is 0.315. The molecular weight excluding hydrogens is 212 g/mol. The number of aliphatic hydroxyl groups excluding tert-OH is 1. The van der Waals surface area contributed by atoms with Gasteiger partial charge in [0.1, 0.15) is 0 Å². The van der Waals surface area contributed by atoms with Crippen LogP contribution in [0.4, 0.5) is 0 Å². The van der Waals surface area contributed by atoms with Gasteiger partial charge in [-0.2, -0.15) is 0 Å². The number of hydrogen-bond donors (Lipinski definition) is 2. The number of hydrogen-bond acceptors (Lipinski definition) is 5. The Morgan fingerprint density at radius 2 is 2.38 bits per heavy atom. The minimum Gasteiger partial charge on any atom is -0.466 e. The van der Waals surface area contributed by atoms with Crippen LogP contribution in [0.1, 0.15) is 6.92 Å². The van der Waals surface area contributed by atoms with E-state index in [1.54, 1.807) is 6.92 Å². The smallest absolute Gasteiger partial charge is 0.334 e. The van der Waals surface area contributed by atoms with Crippen molar-refractivity contribution < 1.29 is 19.4 Å². The van der Waals surface area contributed by atoms with Gasteiger partial charge in [-0.05, 0) is 6.92 Å². The van der Waals surface area contributed by atoms with Gasteiger partial charge in [0.15, 0.2) is 0 Å². The quantitative estimate of drug-likeness (QED) is 0.493. The predicted molar refractivity (Wildman–Crippen MR) is 55.8 cm³/mol. The summed E-state index contributed by atoms with van der Waals surface area (Å²) in [4.78, 5) is 23.6. The number of nitrogens with one attached hydrogen (secondary N) is 1. The standard InChI is InChI=1S/C10H14N2O4/c1-6-4-12(10(15)11-8(6)13)5-7(2)9(14)16-3/h4,10,15H,2,5H2,1,3H3,(H,11,13). The Kier molecular flexibility index (Phi) is 3.68. The normalized spacial score (nSPS) is 19.9. The van der Waals surface area contributed by atoms with E-state index in [0.29, 0.717) is 5.57 Å². The molecule has 0 aromatic carbocycles. The summed E-state index contributed by atoms with van der Waals surface area (Å²) in [5, 5.41) is 11.8. The van der Waals surface area contributed by atoms with Crippen LogP contribution in [-0.2, 0) is 14.3 Å². The summed E-state index contributed by atoms with van der Waals surface area (Å²) >= 11 is 0. The number of carbonyl (C=O) groups is 2. The second-order valence-corrected chi connectivity index (χ2v) is 3.43. The molecule has 1 heterocycles. The molecule has 88 valence electrons. The molecular formula is C10H14N2O4. The van der Waals surface area contributed by atoms with E-state index in [2.05, 4.69) is 16.6 Å². The maximum absolute atomic E-state index is 11.1. The monoisotopic (exact) mass is 226 g/mol. The molecule has 1 aliphatic heterocycles. The predicted octanol–water partition coefficient (Wildman–Crippen LogP) is -0.673. The second-order valence-electron chi connectivity index (χ2n) is 3.43. The van der Waals surface area contributed by atoms with Crippen molar-refractivity contribution in [2.45, 2.75) is 13.3 Å². The highest BCUT2D eigenvalue weighted by atomic mass is 16.5. The van der Waals surface area contributed by atoms with Crippen LogP contribution in [-0.4, -0.2) is 41.9 Å². The van der Waals surface area contributed by atoms with Crippen molar-refractivity contribution in [1.29, 1.82) is 0 Å². The number of aliphatic hydroxyl groups is 1. The maximum atomic E-state index is 11.1. The van der Waals surface area contributed by atoms with Crippen LogP contribution in [0, 0.1) is 0 Å². The van der Waals surface area contributed by atoms with Gasteiger partial charge in [0.05, 0.1) is 13.7 Å². The van der Waals surface area contributed by atoms with Crippen LogP contribution < -0.4 is 5.32 Å². The highest BCUT2D eigenvalue weighted by Gasteiger charge is 2.24. The lowest BCUT2D eigenvalue weighted by molar-refractivity contribution is -0.136. The van der Waals surface area contributed by atoms with E-state index >= 15 is 0 Å². The number of ether oxygens (including phenoxy) is 1. The fourth-order valence-electron chi connectivity index (χ4n) is 1.25. The third-order valence-corrected chi connectivity index (χ3v) is 2.14. The van der Waals surface area contributed by atoms with Gasteiger partial charge < -0.3 is 20.1 Å². The highest BCUT2D eigenvalue weighted by Crippen LogP contribution is 2.10. The van der Waals surface area contributed by atoms with Crippen LogP contribution in [0.2, 0.25) is 0 Å². The molecule has 0 saturated carbocycles. The van der Waals surface area contributed by atoms with Crippen LogP contribution in [0.5, 0.6) is 0 Å². The van der Waals surface area contributed by atoms with E-state index in [9.17, 15) is 14.7 Å². The van der Waals surface area contributed by atoms with Crippen molar-refractivity contribution in [2.75, 3.05) is 13.7 Å². The number of nitrogens with zero attached hydrogens (tertiary/aromatic N) is 1. The van der Waals surface area contributed by atoms with Crippen molar-refractivity contribution in [3.63, 3.8) is 0 Å². The summed E-state index contributed by atoms with van der Waals surface area (Å²) < 4.78 is 4.48. The molecule has 6 heteroatoms.